The van der Waals surface area contributed by atoms with E-state index in [9.17, 15) is 18.0 Å². The Balaban J connectivity index is 1.54. The number of rotatable bonds is 6. The molecule has 1 fully saturated rings. The number of nitrogens with zero attached hydrogens (tertiary/aromatic N) is 3. The third-order valence-electron chi connectivity index (χ3n) is 5.61. The van der Waals surface area contributed by atoms with Crippen LogP contribution in [0.3, 0.4) is 0 Å². The normalized spacial score (nSPS) is 19.8. The van der Waals surface area contributed by atoms with Gasteiger partial charge in [0.25, 0.3) is 0 Å². The van der Waals surface area contributed by atoms with E-state index in [1.807, 2.05) is 19.9 Å². The number of carbonyl (C=O) groups is 1. The van der Waals surface area contributed by atoms with Gasteiger partial charge in [-0.3, -0.25) is 14.3 Å². The minimum atomic E-state index is -3.71. The number of aromatic nitrogens is 2. The summed E-state index contributed by atoms with van der Waals surface area (Å²) in [7, 11) is -3.71. The smallest absolute Gasteiger partial charge is 0.408 e. The van der Waals surface area contributed by atoms with E-state index >= 15 is 0 Å². The van der Waals surface area contributed by atoms with E-state index in [1.165, 1.54) is 27.1 Å². The Kier molecular flexibility index (Phi) is 6.16. The van der Waals surface area contributed by atoms with Gasteiger partial charge >= 0.3 is 5.76 Å². The van der Waals surface area contributed by atoms with Crippen molar-refractivity contribution in [2.75, 3.05) is 13.1 Å². The van der Waals surface area contributed by atoms with Crippen LogP contribution in [0, 0.1) is 11.8 Å². The molecule has 1 aromatic carbocycles. The summed E-state index contributed by atoms with van der Waals surface area (Å²) in [6.45, 7) is 5.00. The van der Waals surface area contributed by atoms with E-state index in [4.69, 9.17) is 4.42 Å². The molecule has 2 aromatic heterocycles. The molecule has 1 N–H and O–H groups in total. The third kappa shape index (κ3) is 4.61. The number of fused-ring (bicyclic) bond motifs is 1. The quantitative estimate of drug-likeness (QED) is 0.604. The minimum Gasteiger partial charge on any atom is -0.408 e. The van der Waals surface area contributed by atoms with Crippen molar-refractivity contribution in [2.45, 2.75) is 38.3 Å². The Morgan fingerprint density at radius 2 is 1.94 bits per heavy atom. The Morgan fingerprint density at radius 1 is 1.19 bits per heavy atom. The Hall–Kier alpha value is -2.98. The zero-order chi connectivity index (χ0) is 22.9. The van der Waals surface area contributed by atoms with Gasteiger partial charge < -0.3 is 9.73 Å². The fourth-order valence-corrected chi connectivity index (χ4v) is 5.89. The molecule has 10 heteroatoms. The molecule has 2 atom stereocenters. The number of oxazole rings is 1. The largest absolute Gasteiger partial charge is 0.420 e. The monoisotopic (exact) mass is 458 g/mol. The first-order chi connectivity index (χ1) is 15.2. The van der Waals surface area contributed by atoms with Gasteiger partial charge in [0, 0.05) is 25.4 Å². The summed E-state index contributed by atoms with van der Waals surface area (Å²) in [5.41, 5.74) is 1.19. The Bertz CT molecular complexity index is 1270. The van der Waals surface area contributed by atoms with Gasteiger partial charge in [-0.25, -0.2) is 13.2 Å². The fourth-order valence-electron chi connectivity index (χ4n) is 4.20. The van der Waals surface area contributed by atoms with Gasteiger partial charge in [-0.1, -0.05) is 19.9 Å². The van der Waals surface area contributed by atoms with Crippen molar-refractivity contribution >= 4 is 27.0 Å². The van der Waals surface area contributed by atoms with E-state index in [0.717, 1.165) is 6.42 Å². The summed E-state index contributed by atoms with van der Waals surface area (Å²) in [6, 6.07) is 9.71. The van der Waals surface area contributed by atoms with E-state index in [-0.39, 0.29) is 41.3 Å². The van der Waals surface area contributed by atoms with Crippen LogP contribution >= 0.6 is 0 Å². The predicted octanol–water partition coefficient (Wildman–Crippen LogP) is 1.97. The molecule has 0 saturated carbocycles. The first-order valence-corrected chi connectivity index (χ1v) is 12.0. The van der Waals surface area contributed by atoms with Crippen LogP contribution in [0.15, 0.2) is 56.7 Å². The van der Waals surface area contributed by atoms with Crippen LogP contribution in [0.1, 0.15) is 26.0 Å². The van der Waals surface area contributed by atoms with Gasteiger partial charge in [-0.05, 0) is 42.5 Å². The summed E-state index contributed by atoms with van der Waals surface area (Å²) < 4.78 is 34.2. The average Bonchev–Trinajstić information content (AvgIpc) is 3.06. The number of hydrogen-bond donors (Lipinski definition) is 1. The number of piperidine rings is 1. The summed E-state index contributed by atoms with van der Waals surface area (Å²) in [5, 5.41) is 2.71. The number of benzene rings is 1. The van der Waals surface area contributed by atoms with Crippen LogP contribution in [-0.4, -0.2) is 41.3 Å². The maximum Gasteiger partial charge on any atom is 0.420 e. The molecule has 0 aliphatic carbocycles. The van der Waals surface area contributed by atoms with Crippen LogP contribution in [0.5, 0.6) is 0 Å². The standard InChI is InChI=1S/C22H26N4O5S/c1-15-9-16(2)13-25(12-15)32(29,30)18-6-7-19-20(10-18)31-22(28)26(19)14-21(27)24-11-17-5-3-4-8-23-17/h3-8,10,15-16H,9,11-14H2,1-2H3,(H,24,27)/t15-,16+. The summed E-state index contributed by atoms with van der Waals surface area (Å²) >= 11 is 0. The molecule has 0 unspecified atom stereocenters. The van der Waals surface area contributed by atoms with Crippen molar-refractivity contribution < 1.29 is 17.6 Å². The van der Waals surface area contributed by atoms with Crippen LogP contribution in [0.2, 0.25) is 0 Å². The summed E-state index contributed by atoms with van der Waals surface area (Å²) in [6.07, 6.45) is 2.62. The van der Waals surface area contributed by atoms with Gasteiger partial charge in [0.2, 0.25) is 15.9 Å². The van der Waals surface area contributed by atoms with Crippen molar-refractivity contribution in [3.05, 3.63) is 58.8 Å². The molecular weight excluding hydrogens is 432 g/mol. The molecule has 1 aliphatic rings. The predicted molar refractivity (Wildman–Crippen MR) is 118 cm³/mol. The molecule has 0 spiro atoms. The average molecular weight is 459 g/mol. The third-order valence-corrected chi connectivity index (χ3v) is 7.44. The second kappa shape index (κ2) is 8.87. The highest BCUT2D eigenvalue weighted by Gasteiger charge is 2.32. The van der Waals surface area contributed by atoms with E-state index in [0.29, 0.717) is 24.3 Å². The zero-order valence-electron chi connectivity index (χ0n) is 18.0. The van der Waals surface area contributed by atoms with Crippen molar-refractivity contribution in [1.82, 2.24) is 19.2 Å². The highest BCUT2D eigenvalue weighted by atomic mass is 32.2. The molecule has 0 bridgehead atoms. The number of nitrogens with one attached hydrogen (secondary N) is 1. The minimum absolute atomic E-state index is 0.0757. The second-order valence-electron chi connectivity index (χ2n) is 8.45. The Labute approximate surface area is 186 Å². The van der Waals surface area contributed by atoms with E-state index in [1.54, 1.807) is 18.3 Å². The van der Waals surface area contributed by atoms with Gasteiger partial charge in [-0.15, -0.1) is 0 Å². The van der Waals surface area contributed by atoms with Crippen molar-refractivity contribution in [2.24, 2.45) is 11.8 Å². The zero-order valence-corrected chi connectivity index (χ0v) is 18.8. The van der Waals surface area contributed by atoms with Crippen molar-refractivity contribution in [3.63, 3.8) is 0 Å². The number of pyridine rings is 1. The van der Waals surface area contributed by atoms with Crippen LogP contribution in [0.25, 0.3) is 11.1 Å². The molecule has 4 rings (SSSR count). The second-order valence-corrected chi connectivity index (χ2v) is 10.4. The molecule has 3 aromatic rings. The molecule has 3 heterocycles. The molecule has 32 heavy (non-hydrogen) atoms. The number of amides is 1. The van der Waals surface area contributed by atoms with E-state index in [2.05, 4.69) is 10.3 Å². The first-order valence-electron chi connectivity index (χ1n) is 10.5. The van der Waals surface area contributed by atoms with Crippen LogP contribution in [-0.2, 0) is 27.9 Å². The van der Waals surface area contributed by atoms with Crippen LogP contribution < -0.4 is 11.1 Å². The molecule has 0 radical (unpaired) electrons. The lowest BCUT2D eigenvalue weighted by atomic mass is 9.94. The Morgan fingerprint density at radius 3 is 2.62 bits per heavy atom. The molecule has 1 saturated heterocycles. The van der Waals surface area contributed by atoms with Crippen LogP contribution in [0.4, 0.5) is 0 Å². The van der Waals surface area contributed by atoms with Crippen molar-refractivity contribution in [3.8, 4) is 0 Å². The molecule has 9 nitrogen and oxygen atoms in total. The van der Waals surface area contributed by atoms with Gasteiger partial charge in [0.15, 0.2) is 5.58 Å². The van der Waals surface area contributed by atoms with E-state index < -0.39 is 15.8 Å². The molecule has 1 amide bonds. The highest BCUT2D eigenvalue weighted by Crippen LogP contribution is 2.28. The summed E-state index contributed by atoms with van der Waals surface area (Å²) in [4.78, 5) is 28.9. The lowest BCUT2D eigenvalue weighted by Crippen LogP contribution is -2.42. The lowest BCUT2D eigenvalue weighted by molar-refractivity contribution is -0.121. The molecular formula is C22H26N4O5S. The lowest BCUT2D eigenvalue weighted by Gasteiger charge is -2.34. The van der Waals surface area contributed by atoms with Crippen molar-refractivity contribution in [1.29, 1.82) is 0 Å². The highest BCUT2D eigenvalue weighted by molar-refractivity contribution is 7.89. The van der Waals surface area contributed by atoms with Gasteiger partial charge in [0.05, 0.1) is 22.7 Å². The topological polar surface area (TPSA) is 115 Å². The maximum atomic E-state index is 13.1. The summed E-state index contributed by atoms with van der Waals surface area (Å²) in [5.74, 6) is -0.544. The number of hydrogen-bond acceptors (Lipinski definition) is 6. The number of carbonyl (C=O) groups excluding carboxylic acids is 1. The fraction of sp³-hybridized carbons (Fsp3) is 0.409. The molecule has 170 valence electrons. The maximum absolute atomic E-state index is 13.1. The SMILES string of the molecule is C[C@@H]1C[C@H](C)CN(S(=O)(=O)c2ccc3c(c2)oc(=O)n3CC(=O)NCc2ccccn2)C1. The van der Waals surface area contributed by atoms with Gasteiger partial charge in [0.1, 0.15) is 6.54 Å². The first kappa shape index (κ1) is 22.2. The molecule has 1 aliphatic heterocycles. The van der Waals surface area contributed by atoms with Gasteiger partial charge in [-0.2, -0.15) is 4.31 Å². The number of sulfonamides is 1.